The smallest absolute Gasteiger partial charge is 0.308 e. The van der Waals surface area contributed by atoms with Crippen molar-refractivity contribution < 1.29 is 17.9 Å². The zero-order valence-electron chi connectivity index (χ0n) is 10.9. The Morgan fingerprint density at radius 3 is 2.52 bits per heavy atom. The van der Waals surface area contributed by atoms with E-state index in [-0.39, 0.29) is 10.6 Å². The number of sulfonamides is 1. The first kappa shape index (κ1) is 15.4. The molecule has 0 bridgehead atoms. The first-order valence-electron chi connectivity index (χ1n) is 5.74. The van der Waals surface area contributed by atoms with Gasteiger partial charge in [0.25, 0.3) is 0 Å². The first-order valence-corrected chi connectivity index (χ1v) is 7.67. The summed E-state index contributed by atoms with van der Waals surface area (Å²) in [6, 6.07) is 7.45. The fourth-order valence-electron chi connectivity index (χ4n) is 1.65. The van der Waals surface area contributed by atoms with Crippen LogP contribution in [0, 0.1) is 0 Å². The van der Waals surface area contributed by atoms with E-state index < -0.39 is 16.0 Å². The van der Waals surface area contributed by atoms with Gasteiger partial charge < -0.3 is 4.74 Å². The van der Waals surface area contributed by atoms with Gasteiger partial charge in [-0.05, 0) is 30.3 Å². The Kier molecular flexibility index (Phi) is 4.26. The number of esters is 1. The number of nitrogens with two attached hydrogens (primary N) is 1. The lowest BCUT2D eigenvalue weighted by atomic mass is 10.1. The summed E-state index contributed by atoms with van der Waals surface area (Å²) in [4.78, 5) is 15.0. The minimum absolute atomic E-state index is 0.109. The third kappa shape index (κ3) is 3.78. The molecule has 0 aliphatic rings. The third-order valence-electron chi connectivity index (χ3n) is 2.54. The number of hydrogen-bond acceptors (Lipinski definition) is 5. The highest BCUT2D eigenvalue weighted by atomic mass is 35.5. The van der Waals surface area contributed by atoms with Crippen molar-refractivity contribution in [3.8, 4) is 17.0 Å². The Morgan fingerprint density at radius 1 is 1.29 bits per heavy atom. The van der Waals surface area contributed by atoms with Gasteiger partial charge in [-0.1, -0.05) is 11.6 Å². The predicted molar refractivity (Wildman–Crippen MR) is 77.4 cm³/mol. The number of benzene rings is 1. The van der Waals surface area contributed by atoms with Crippen LogP contribution in [-0.4, -0.2) is 19.4 Å². The van der Waals surface area contributed by atoms with Crippen LogP contribution in [0.15, 0.2) is 41.4 Å². The van der Waals surface area contributed by atoms with Gasteiger partial charge in [-0.25, -0.2) is 13.6 Å². The quantitative estimate of drug-likeness (QED) is 0.686. The second-order valence-electron chi connectivity index (χ2n) is 4.16. The van der Waals surface area contributed by atoms with E-state index in [1.54, 1.807) is 12.1 Å². The number of aromatic nitrogens is 1. The van der Waals surface area contributed by atoms with Crippen LogP contribution in [0.5, 0.6) is 5.75 Å². The Balaban J connectivity index is 2.50. The molecular formula is C13H11ClN2O4S. The molecule has 110 valence electrons. The number of ether oxygens (including phenoxy) is 1. The van der Waals surface area contributed by atoms with Crippen molar-refractivity contribution in [1.82, 2.24) is 4.98 Å². The van der Waals surface area contributed by atoms with Crippen molar-refractivity contribution in [3.05, 3.63) is 41.6 Å². The zero-order valence-corrected chi connectivity index (χ0v) is 12.5. The molecule has 1 aromatic heterocycles. The molecule has 0 aliphatic heterocycles. The number of hydrogen-bond donors (Lipinski definition) is 1. The molecule has 0 saturated carbocycles. The van der Waals surface area contributed by atoms with Crippen molar-refractivity contribution in [2.45, 2.75) is 11.8 Å². The Morgan fingerprint density at radius 2 is 2.00 bits per heavy atom. The van der Waals surface area contributed by atoms with Crippen LogP contribution in [0.25, 0.3) is 11.3 Å². The predicted octanol–water partition coefficient (Wildman–Crippen LogP) is 1.97. The number of pyridine rings is 1. The molecule has 0 radical (unpaired) electrons. The molecule has 0 aliphatic carbocycles. The molecule has 1 heterocycles. The van der Waals surface area contributed by atoms with Crippen LogP contribution >= 0.6 is 11.6 Å². The lowest BCUT2D eigenvalue weighted by molar-refractivity contribution is -0.131. The van der Waals surface area contributed by atoms with Crippen LogP contribution < -0.4 is 9.88 Å². The lowest BCUT2D eigenvalue weighted by Gasteiger charge is -2.09. The van der Waals surface area contributed by atoms with Crippen LogP contribution in [0.3, 0.4) is 0 Å². The standard InChI is InChI=1S/C13H11ClN2O4S/c1-8(17)20-13-5-2-9(14)6-11(13)12-4-3-10(7-16-12)21(15,18)19/h2-7H,1H3,(H2,15,18,19). The summed E-state index contributed by atoms with van der Waals surface area (Å²) in [5.41, 5.74) is 0.875. The van der Waals surface area contributed by atoms with Gasteiger partial charge in [0.15, 0.2) is 0 Å². The molecule has 0 atom stereocenters. The normalized spacial score (nSPS) is 11.2. The fraction of sp³-hybridized carbons (Fsp3) is 0.0769. The number of carbonyl (C=O) groups is 1. The summed E-state index contributed by atoms with van der Waals surface area (Å²) < 4.78 is 27.5. The third-order valence-corrected chi connectivity index (χ3v) is 3.67. The monoisotopic (exact) mass is 326 g/mol. The van der Waals surface area contributed by atoms with E-state index in [1.807, 2.05) is 0 Å². The van der Waals surface area contributed by atoms with Gasteiger partial charge in [-0.15, -0.1) is 0 Å². The average Bonchev–Trinajstić information content (AvgIpc) is 2.39. The van der Waals surface area contributed by atoms with E-state index in [0.29, 0.717) is 16.3 Å². The van der Waals surface area contributed by atoms with Crippen molar-refractivity contribution in [1.29, 1.82) is 0 Å². The van der Waals surface area contributed by atoms with E-state index in [1.165, 1.54) is 25.1 Å². The van der Waals surface area contributed by atoms with Crippen LogP contribution in [-0.2, 0) is 14.8 Å². The molecule has 2 aromatic rings. The fourth-order valence-corrected chi connectivity index (χ4v) is 2.28. The Labute approximate surface area is 126 Å². The van der Waals surface area contributed by atoms with Gasteiger partial charge >= 0.3 is 5.97 Å². The highest BCUT2D eigenvalue weighted by Gasteiger charge is 2.13. The number of rotatable bonds is 3. The highest BCUT2D eigenvalue weighted by Crippen LogP contribution is 2.31. The SMILES string of the molecule is CC(=O)Oc1ccc(Cl)cc1-c1ccc(S(N)(=O)=O)cn1. The van der Waals surface area contributed by atoms with Crippen LogP contribution in [0.4, 0.5) is 0 Å². The zero-order chi connectivity index (χ0) is 15.6. The van der Waals surface area contributed by atoms with Gasteiger partial charge in [-0.2, -0.15) is 0 Å². The molecular weight excluding hydrogens is 316 g/mol. The Bertz CT molecular complexity index is 788. The molecule has 2 N–H and O–H groups in total. The molecule has 0 unspecified atom stereocenters. The van der Waals surface area contributed by atoms with Gasteiger partial charge in [0.1, 0.15) is 10.6 Å². The summed E-state index contributed by atoms with van der Waals surface area (Å²) >= 11 is 5.92. The summed E-state index contributed by atoms with van der Waals surface area (Å²) in [5, 5.41) is 5.44. The minimum atomic E-state index is -3.81. The molecule has 2 rings (SSSR count). The van der Waals surface area contributed by atoms with Crippen LogP contribution in [0.1, 0.15) is 6.92 Å². The topological polar surface area (TPSA) is 99.4 Å². The van der Waals surface area contributed by atoms with Crippen LogP contribution in [0.2, 0.25) is 5.02 Å². The van der Waals surface area contributed by atoms with Crippen molar-refractivity contribution in [2.75, 3.05) is 0 Å². The molecule has 1 aromatic carbocycles. The molecule has 0 saturated heterocycles. The Hall–Kier alpha value is -1.96. The molecule has 8 heteroatoms. The van der Waals surface area contributed by atoms with E-state index >= 15 is 0 Å². The van der Waals surface area contributed by atoms with Gasteiger partial charge in [0.2, 0.25) is 10.0 Å². The summed E-state index contributed by atoms with van der Waals surface area (Å²) in [5.74, 6) is -0.206. The van der Waals surface area contributed by atoms with Crippen molar-refractivity contribution >= 4 is 27.6 Å². The minimum Gasteiger partial charge on any atom is -0.426 e. The summed E-state index contributed by atoms with van der Waals surface area (Å²) in [6.07, 6.45) is 1.13. The second-order valence-corrected chi connectivity index (χ2v) is 6.16. The number of carbonyl (C=O) groups excluding carboxylic acids is 1. The second kappa shape index (κ2) is 5.80. The molecule has 6 nitrogen and oxygen atoms in total. The largest absolute Gasteiger partial charge is 0.426 e. The van der Waals surface area contributed by atoms with Gasteiger partial charge in [0, 0.05) is 23.7 Å². The number of primary sulfonamides is 1. The van der Waals surface area contributed by atoms with Gasteiger partial charge in [0.05, 0.1) is 5.69 Å². The summed E-state index contributed by atoms with van der Waals surface area (Å²) in [7, 11) is -3.81. The average molecular weight is 327 g/mol. The maximum Gasteiger partial charge on any atom is 0.308 e. The lowest BCUT2D eigenvalue weighted by Crippen LogP contribution is -2.12. The van der Waals surface area contributed by atoms with Gasteiger partial charge in [-0.3, -0.25) is 9.78 Å². The molecule has 21 heavy (non-hydrogen) atoms. The maximum absolute atomic E-state index is 11.2. The maximum atomic E-state index is 11.2. The molecule has 0 spiro atoms. The van der Waals surface area contributed by atoms with Crippen molar-refractivity contribution in [2.24, 2.45) is 5.14 Å². The van der Waals surface area contributed by atoms with E-state index in [4.69, 9.17) is 21.5 Å². The molecule has 0 fully saturated rings. The van der Waals surface area contributed by atoms with E-state index in [0.717, 1.165) is 6.20 Å². The number of nitrogens with zero attached hydrogens (tertiary/aromatic N) is 1. The van der Waals surface area contributed by atoms with E-state index in [9.17, 15) is 13.2 Å². The van der Waals surface area contributed by atoms with Crippen molar-refractivity contribution in [3.63, 3.8) is 0 Å². The number of halogens is 1. The van der Waals surface area contributed by atoms with E-state index in [2.05, 4.69) is 4.98 Å². The summed E-state index contributed by atoms with van der Waals surface area (Å²) in [6.45, 7) is 1.27. The molecule has 0 amide bonds. The highest BCUT2D eigenvalue weighted by molar-refractivity contribution is 7.89. The first-order chi connectivity index (χ1) is 9.77.